The van der Waals surface area contributed by atoms with Gasteiger partial charge in [0.1, 0.15) is 5.92 Å². The van der Waals surface area contributed by atoms with Crippen molar-refractivity contribution in [3.63, 3.8) is 0 Å². The molecule has 0 spiro atoms. The zero-order valence-corrected chi connectivity index (χ0v) is 13.7. The van der Waals surface area contributed by atoms with Gasteiger partial charge in [0.2, 0.25) is 11.8 Å². The largest absolute Gasteiger partial charge is 0.355 e. The van der Waals surface area contributed by atoms with Gasteiger partial charge in [-0.25, -0.2) is 0 Å². The van der Waals surface area contributed by atoms with Gasteiger partial charge in [-0.15, -0.1) is 0 Å². The van der Waals surface area contributed by atoms with E-state index in [4.69, 9.17) is 0 Å². The molecule has 1 N–H and O–H groups in total. The highest BCUT2D eigenvalue weighted by molar-refractivity contribution is 6.09. The third-order valence-corrected chi connectivity index (χ3v) is 4.24. The molecule has 124 valence electrons. The molecule has 0 bridgehead atoms. The quantitative estimate of drug-likeness (QED) is 0.857. The van der Waals surface area contributed by atoms with E-state index in [0.29, 0.717) is 25.9 Å². The Labute approximate surface area is 141 Å². The molecule has 2 aromatic rings. The summed E-state index contributed by atoms with van der Waals surface area (Å²) in [4.78, 5) is 30.8. The minimum atomic E-state index is -0.589. The lowest BCUT2D eigenvalue weighted by Gasteiger charge is -2.17. The molecule has 3 rings (SSSR count). The molecule has 1 aromatic heterocycles. The van der Waals surface area contributed by atoms with Crippen molar-refractivity contribution in [2.24, 2.45) is 5.92 Å². The summed E-state index contributed by atoms with van der Waals surface area (Å²) < 4.78 is 0. The number of aryl methyl sites for hydroxylation is 1. The van der Waals surface area contributed by atoms with Crippen molar-refractivity contribution in [3.05, 3.63) is 59.9 Å². The molecule has 1 aliphatic heterocycles. The molecule has 5 nitrogen and oxygen atoms in total. The van der Waals surface area contributed by atoms with Crippen LogP contribution in [0.2, 0.25) is 0 Å². The maximum absolute atomic E-state index is 12.5. The number of carbonyl (C=O) groups is 2. The van der Waals surface area contributed by atoms with E-state index < -0.39 is 5.92 Å². The Kier molecular flexibility index (Phi) is 4.89. The Balaban J connectivity index is 1.55. The van der Waals surface area contributed by atoms with Crippen LogP contribution in [0.15, 0.2) is 48.7 Å². The van der Waals surface area contributed by atoms with Crippen molar-refractivity contribution < 1.29 is 9.59 Å². The fourth-order valence-corrected chi connectivity index (χ4v) is 2.96. The number of rotatable bonds is 5. The van der Waals surface area contributed by atoms with Crippen LogP contribution in [-0.2, 0) is 16.0 Å². The van der Waals surface area contributed by atoms with Gasteiger partial charge in [0.05, 0.1) is 0 Å². The van der Waals surface area contributed by atoms with Gasteiger partial charge in [0.15, 0.2) is 0 Å². The number of nitrogens with one attached hydrogen (secondary N) is 1. The van der Waals surface area contributed by atoms with Crippen molar-refractivity contribution in [1.29, 1.82) is 0 Å². The molecule has 1 unspecified atom stereocenters. The lowest BCUT2D eigenvalue weighted by atomic mass is 10.1. The Morgan fingerprint density at radius 2 is 2.17 bits per heavy atom. The standard InChI is InChI=1S/C19H21N3O2/c1-14-5-4-7-16(13-14)22-12-9-17(19(22)24)18(23)21-11-8-15-6-2-3-10-20-15/h2-7,10,13,17H,8-9,11-12H2,1H3,(H,21,23). The highest BCUT2D eigenvalue weighted by atomic mass is 16.2. The number of benzene rings is 1. The predicted octanol–water partition coefficient (Wildman–Crippen LogP) is 2.10. The van der Waals surface area contributed by atoms with Crippen LogP contribution in [0.4, 0.5) is 5.69 Å². The van der Waals surface area contributed by atoms with E-state index >= 15 is 0 Å². The van der Waals surface area contributed by atoms with Crippen LogP contribution in [0.3, 0.4) is 0 Å². The second-order valence-corrected chi connectivity index (χ2v) is 6.03. The van der Waals surface area contributed by atoms with Crippen molar-refractivity contribution >= 4 is 17.5 Å². The number of pyridine rings is 1. The average molecular weight is 323 g/mol. The minimum Gasteiger partial charge on any atom is -0.355 e. The topological polar surface area (TPSA) is 62.3 Å². The first-order chi connectivity index (χ1) is 11.6. The smallest absolute Gasteiger partial charge is 0.239 e. The summed E-state index contributed by atoms with van der Waals surface area (Å²) >= 11 is 0. The number of amides is 2. The fraction of sp³-hybridized carbons (Fsp3) is 0.316. The first-order valence-electron chi connectivity index (χ1n) is 8.21. The maximum Gasteiger partial charge on any atom is 0.239 e. The molecule has 1 aromatic carbocycles. The van der Waals surface area contributed by atoms with Crippen molar-refractivity contribution in [3.8, 4) is 0 Å². The lowest BCUT2D eigenvalue weighted by Crippen LogP contribution is -2.37. The minimum absolute atomic E-state index is 0.115. The van der Waals surface area contributed by atoms with Gasteiger partial charge in [-0.1, -0.05) is 18.2 Å². The molecule has 0 aliphatic carbocycles. The molecule has 2 heterocycles. The Morgan fingerprint density at radius 1 is 1.29 bits per heavy atom. The monoisotopic (exact) mass is 323 g/mol. The predicted molar refractivity (Wildman–Crippen MR) is 92.6 cm³/mol. The van der Waals surface area contributed by atoms with Crippen LogP contribution in [0, 0.1) is 12.8 Å². The Hall–Kier alpha value is -2.69. The van der Waals surface area contributed by atoms with E-state index in [1.807, 2.05) is 49.4 Å². The van der Waals surface area contributed by atoms with E-state index in [9.17, 15) is 9.59 Å². The molecular formula is C19H21N3O2. The number of carbonyl (C=O) groups excluding carboxylic acids is 2. The molecule has 1 aliphatic rings. The summed E-state index contributed by atoms with van der Waals surface area (Å²) in [6, 6.07) is 13.5. The second kappa shape index (κ2) is 7.25. The average Bonchev–Trinajstić information content (AvgIpc) is 2.97. The van der Waals surface area contributed by atoms with Crippen LogP contribution in [-0.4, -0.2) is 29.9 Å². The Bertz CT molecular complexity index is 730. The van der Waals surface area contributed by atoms with Crippen molar-refractivity contribution in [1.82, 2.24) is 10.3 Å². The second-order valence-electron chi connectivity index (χ2n) is 6.03. The number of hydrogen-bond acceptors (Lipinski definition) is 3. The number of aromatic nitrogens is 1. The van der Waals surface area contributed by atoms with Crippen LogP contribution in [0.25, 0.3) is 0 Å². The molecule has 0 radical (unpaired) electrons. The van der Waals surface area contributed by atoms with Gasteiger partial charge in [-0.2, -0.15) is 0 Å². The van der Waals surface area contributed by atoms with Crippen LogP contribution < -0.4 is 10.2 Å². The highest BCUT2D eigenvalue weighted by Gasteiger charge is 2.37. The van der Waals surface area contributed by atoms with Crippen LogP contribution in [0.5, 0.6) is 0 Å². The SMILES string of the molecule is Cc1cccc(N2CCC(C(=O)NCCc3ccccn3)C2=O)c1. The van der Waals surface area contributed by atoms with E-state index in [1.54, 1.807) is 11.1 Å². The summed E-state index contributed by atoms with van der Waals surface area (Å²) in [5.41, 5.74) is 2.89. The third-order valence-electron chi connectivity index (χ3n) is 4.24. The van der Waals surface area contributed by atoms with Gasteiger partial charge in [0, 0.05) is 37.1 Å². The van der Waals surface area contributed by atoms with E-state index in [-0.39, 0.29) is 11.8 Å². The van der Waals surface area contributed by atoms with Gasteiger partial charge < -0.3 is 10.2 Å². The van der Waals surface area contributed by atoms with Gasteiger partial charge in [-0.3, -0.25) is 14.6 Å². The zero-order valence-electron chi connectivity index (χ0n) is 13.7. The van der Waals surface area contributed by atoms with Crippen molar-refractivity contribution in [2.75, 3.05) is 18.0 Å². The number of anilines is 1. The van der Waals surface area contributed by atoms with Crippen LogP contribution in [0.1, 0.15) is 17.7 Å². The summed E-state index contributed by atoms with van der Waals surface area (Å²) in [6.45, 7) is 3.07. The Morgan fingerprint density at radius 3 is 2.92 bits per heavy atom. The molecular weight excluding hydrogens is 302 g/mol. The first-order valence-corrected chi connectivity index (χ1v) is 8.21. The van der Waals surface area contributed by atoms with Gasteiger partial charge >= 0.3 is 0 Å². The summed E-state index contributed by atoms with van der Waals surface area (Å²) in [6.07, 6.45) is 2.95. The number of hydrogen-bond donors (Lipinski definition) is 1. The van der Waals surface area contributed by atoms with E-state index in [1.165, 1.54) is 0 Å². The maximum atomic E-state index is 12.5. The third kappa shape index (κ3) is 3.62. The van der Waals surface area contributed by atoms with Gasteiger partial charge in [0.25, 0.3) is 0 Å². The van der Waals surface area contributed by atoms with Crippen molar-refractivity contribution in [2.45, 2.75) is 19.8 Å². The molecule has 0 saturated carbocycles. The lowest BCUT2D eigenvalue weighted by molar-refractivity contribution is -0.132. The fourth-order valence-electron chi connectivity index (χ4n) is 2.96. The normalized spacial score (nSPS) is 17.1. The van der Waals surface area contributed by atoms with Gasteiger partial charge in [-0.05, 0) is 43.2 Å². The van der Waals surface area contributed by atoms with Crippen LogP contribution >= 0.6 is 0 Å². The van der Waals surface area contributed by atoms with E-state index in [2.05, 4.69) is 10.3 Å². The number of nitrogens with zero attached hydrogens (tertiary/aromatic N) is 2. The zero-order chi connectivity index (χ0) is 16.9. The first kappa shape index (κ1) is 16.2. The molecule has 1 atom stereocenters. The summed E-state index contributed by atoms with van der Waals surface area (Å²) in [7, 11) is 0. The summed E-state index contributed by atoms with van der Waals surface area (Å²) in [5, 5.41) is 2.86. The molecule has 1 fully saturated rings. The molecule has 2 amide bonds. The molecule has 5 heteroatoms. The highest BCUT2D eigenvalue weighted by Crippen LogP contribution is 2.25. The molecule has 24 heavy (non-hydrogen) atoms. The summed E-state index contributed by atoms with van der Waals surface area (Å²) in [5.74, 6) is -0.892. The molecule has 1 saturated heterocycles. The van der Waals surface area contributed by atoms with E-state index in [0.717, 1.165) is 16.9 Å².